The third-order valence-corrected chi connectivity index (χ3v) is 4.27. The molecule has 0 aromatic carbocycles. The average molecular weight is 283 g/mol. The van der Waals surface area contributed by atoms with Crippen LogP contribution in [0.2, 0.25) is 0 Å². The standard InChI is InChI=1S/C12H17N3O3S/c13-4-3-9-2-1-5-14(7-9)12(16)10-6-11(15(17)18)19-8-10/h6,8-9H,1-5,7,13H2. The predicted molar refractivity (Wildman–Crippen MR) is 73.3 cm³/mol. The van der Waals surface area contributed by atoms with Gasteiger partial charge in [0.2, 0.25) is 0 Å². The van der Waals surface area contributed by atoms with E-state index in [9.17, 15) is 14.9 Å². The Morgan fingerprint density at radius 1 is 1.63 bits per heavy atom. The predicted octanol–water partition coefficient (Wildman–Crippen LogP) is 1.86. The fourth-order valence-electron chi connectivity index (χ4n) is 2.44. The number of carbonyl (C=O) groups excluding carboxylic acids is 1. The van der Waals surface area contributed by atoms with Crippen LogP contribution in [0.5, 0.6) is 0 Å². The summed E-state index contributed by atoms with van der Waals surface area (Å²) >= 11 is 0.994. The van der Waals surface area contributed by atoms with Gasteiger partial charge in [0.1, 0.15) is 0 Å². The third-order valence-electron chi connectivity index (χ3n) is 3.39. The van der Waals surface area contributed by atoms with Crippen molar-refractivity contribution < 1.29 is 9.72 Å². The van der Waals surface area contributed by atoms with Gasteiger partial charge in [0.15, 0.2) is 0 Å². The van der Waals surface area contributed by atoms with Crippen molar-refractivity contribution in [2.75, 3.05) is 19.6 Å². The molecule has 2 rings (SSSR count). The molecular weight excluding hydrogens is 266 g/mol. The fraction of sp³-hybridized carbons (Fsp3) is 0.583. The Balaban J connectivity index is 2.03. The van der Waals surface area contributed by atoms with Crippen molar-refractivity contribution in [3.05, 3.63) is 27.1 Å². The van der Waals surface area contributed by atoms with Crippen LogP contribution in [-0.2, 0) is 0 Å². The maximum absolute atomic E-state index is 12.3. The minimum atomic E-state index is -0.463. The van der Waals surface area contributed by atoms with Gasteiger partial charge in [0.05, 0.1) is 10.5 Å². The van der Waals surface area contributed by atoms with Crippen LogP contribution in [0.1, 0.15) is 29.6 Å². The second-order valence-electron chi connectivity index (χ2n) is 4.77. The molecule has 2 N–H and O–H groups in total. The quantitative estimate of drug-likeness (QED) is 0.674. The maximum atomic E-state index is 12.3. The monoisotopic (exact) mass is 283 g/mol. The van der Waals surface area contributed by atoms with Crippen molar-refractivity contribution in [2.45, 2.75) is 19.3 Å². The van der Waals surface area contributed by atoms with E-state index in [0.29, 0.717) is 24.6 Å². The number of hydrogen-bond donors (Lipinski definition) is 1. The second-order valence-corrected chi connectivity index (χ2v) is 5.66. The van der Waals surface area contributed by atoms with Crippen molar-refractivity contribution in [2.24, 2.45) is 11.7 Å². The highest BCUT2D eigenvalue weighted by atomic mass is 32.1. The molecule has 0 saturated carbocycles. The molecule has 1 aliphatic heterocycles. The van der Waals surface area contributed by atoms with Gasteiger partial charge >= 0.3 is 5.00 Å². The number of carbonyl (C=O) groups is 1. The van der Waals surface area contributed by atoms with Gasteiger partial charge in [0, 0.05) is 24.5 Å². The molecule has 1 aromatic rings. The lowest BCUT2D eigenvalue weighted by molar-refractivity contribution is -0.380. The van der Waals surface area contributed by atoms with Crippen LogP contribution in [0, 0.1) is 16.0 Å². The van der Waals surface area contributed by atoms with Crippen LogP contribution >= 0.6 is 11.3 Å². The van der Waals surface area contributed by atoms with E-state index < -0.39 is 4.92 Å². The van der Waals surface area contributed by atoms with Gasteiger partial charge in [0.25, 0.3) is 5.91 Å². The molecule has 1 amide bonds. The summed E-state index contributed by atoms with van der Waals surface area (Å²) in [5, 5.41) is 12.2. The lowest BCUT2D eigenvalue weighted by Crippen LogP contribution is -2.40. The molecule has 6 nitrogen and oxygen atoms in total. The molecule has 1 aromatic heterocycles. The van der Waals surface area contributed by atoms with E-state index in [1.165, 1.54) is 6.07 Å². The minimum absolute atomic E-state index is 0.0128. The van der Waals surface area contributed by atoms with Gasteiger partial charge in [-0.3, -0.25) is 14.9 Å². The Kier molecular flexibility index (Phi) is 4.49. The van der Waals surface area contributed by atoms with Gasteiger partial charge in [-0.2, -0.15) is 0 Å². The molecule has 104 valence electrons. The number of piperidine rings is 1. The summed E-state index contributed by atoms with van der Waals surface area (Å²) < 4.78 is 0. The van der Waals surface area contributed by atoms with Crippen molar-refractivity contribution in [3.8, 4) is 0 Å². The average Bonchev–Trinajstić information content (AvgIpc) is 2.88. The zero-order valence-corrected chi connectivity index (χ0v) is 11.4. The van der Waals surface area contributed by atoms with E-state index in [1.54, 1.807) is 10.3 Å². The van der Waals surface area contributed by atoms with E-state index in [4.69, 9.17) is 5.73 Å². The topological polar surface area (TPSA) is 89.5 Å². The van der Waals surface area contributed by atoms with E-state index >= 15 is 0 Å². The molecule has 1 saturated heterocycles. The van der Waals surface area contributed by atoms with E-state index in [0.717, 1.165) is 37.1 Å². The van der Waals surface area contributed by atoms with Gasteiger partial charge in [-0.25, -0.2) is 0 Å². The molecule has 1 fully saturated rings. The highest BCUT2D eigenvalue weighted by Gasteiger charge is 2.25. The first-order chi connectivity index (χ1) is 9.11. The number of likely N-dealkylation sites (tertiary alicyclic amines) is 1. The Labute approximate surface area is 115 Å². The minimum Gasteiger partial charge on any atom is -0.338 e. The van der Waals surface area contributed by atoms with E-state index in [1.807, 2.05) is 0 Å². The molecule has 7 heteroatoms. The molecule has 0 bridgehead atoms. The van der Waals surface area contributed by atoms with Crippen LogP contribution in [0.3, 0.4) is 0 Å². The number of nitro groups is 1. The summed E-state index contributed by atoms with van der Waals surface area (Å²) in [6.07, 6.45) is 3.00. The molecule has 1 unspecified atom stereocenters. The summed E-state index contributed by atoms with van der Waals surface area (Å²) in [7, 11) is 0. The molecule has 1 atom stereocenters. The maximum Gasteiger partial charge on any atom is 0.324 e. The molecule has 0 radical (unpaired) electrons. The van der Waals surface area contributed by atoms with Crippen molar-refractivity contribution in [3.63, 3.8) is 0 Å². The van der Waals surface area contributed by atoms with Crippen LogP contribution in [0.4, 0.5) is 5.00 Å². The first kappa shape index (κ1) is 14.0. The van der Waals surface area contributed by atoms with Crippen molar-refractivity contribution in [1.82, 2.24) is 4.90 Å². The van der Waals surface area contributed by atoms with E-state index in [2.05, 4.69) is 0 Å². The van der Waals surface area contributed by atoms with Crippen molar-refractivity contribution >= 4 is 22.2 Å². The van der Waals surface area contributed by atoms with Crippen LogP contribution in [0.15, 0.2) is 11.4 Å². The molecule has 19 heavy (non-hydrogen) atoms. The molecule has 0 aliphatic carbocycles. The summed E-state index contributed by atoms with van der Waals surface area (Å²) in [4.78, 5) is 24.2. The molecule has 0 spiro atoms. The molecular formula is C12H17N3O3S. The fourth-order valence-corrected chi connectivity index (χ4v) is 3.13. The summed E-state index contributed by atoms with van der Waals surface area (Å²) in [5.41, 5.74) is 5.97. The number of rotatable bonds is 4. The number of amides is 1. The summed E-state index contributed by atoms with van der Waals surface area (Å²) in [6, 6.07) is 1.36. The SMILES string of the molecule is NCCC1CCCN(C(=O)c2csc([N+](=O)[O-])c2)C1. The van der Waals surface area contributed by atoms with E-state index in [-0.39, 0.29) is 10.9 Å². The summed E-state index contributed by atoms with van der Waals surface area (Å²) in [6.45, 7) is 2.07. The third kappa shape index (κ3) is 3.30. The van der Waals surface area contributed by atoms with Gasteiger partial charge in [-0.1, -0.05) is 11.3 Å². The zero-order valence-electron chi connectivity index (χ0n) is 10.6. The van der Waals surface area contributed by atoms with Crippen molar-refractivity contribution in [1.29, 1.82) is 0 Å². The number of nitrogens with two attached hydrogens (primary N) is 1. The van der Waals surface area contributed by atoms with Crippen LogP contribution in [0.25, 0.3) is 0 Å². The van der Waals surface area contributed by atoms with Gasteiger partial charge in [-0.15, -0.1) is 0 Å². The van der Waals surface area contributed by atoms with Gasteiger partial charge < -0.3 is 10.6 Å². The molecule has 2 heterocycles. The first-order valence-corrected chi connectivity index (χ1v) is 7.22. The second kappa shape index (κ2) is 6.12. The number of thiophene rings is 1. The van der Waals surface area contributed by atoms with Gasteiger partial charge in [-0.05, 0) is 31.7 Å². The van der Waals surface area contributed by atoms with Crippen LogP contribution < -0.4 is 5.73 Å². The highest BCUT2D eigenvalue weighted by Crippen LogP contribution is 2.26. The normalized spacial score (nSPS) is 19.4. The Morgan fingerprint density at radius 2 is 2.42 bits per heavy atom. The Hall–Kier alpha value is -1.47. The zero-order chi connectivity index (χ0) is 13.8. The molecule has 1 aliphatic rings. The number of hydrogen-bond acceptors (Lipinski definition) is 5. The number of nitrogens with zero attached hydrogens (tertiary/aromatic N) is 2. The lowest BCUT2D eigenvalue weighted by atomic mass is 9.94. The highest BCUT2D eigenvalue weighted by molar-refractivity contribution is 7.13. The Morgan fingerprint density at radius 3 is 3.05 bits per heavy atom. The smallest absolute Gasteiger partial charge is 0.324 e. The summed E-state index contributed by atoms with van der Waals surface area (Å²) in [5.74, 6) is 0.349. The van der Waals surface area contributed by atoms with Crippen LogP contribution in [-0.4, -0.2) is 35.4 Å². The first-order valence-electron chi connectivity index (χ1n) is 6.34. The Bertz CT molecular complexity index is 473. The lowest BCUT2D eigenvalue weighted by Gasteiger charge is -2.32. The largest absolute Gasteiger partial charge is 0.338 e.